The van der Waals surface area contributed by atoms with Gasteiger partial charge in [0.05, 0.1) is 12.2 Å². The van der Waals surface area contributed by atoms with Crippen LogP contribution in [0.2, 0.25) is 0 Å². The average molecular weight is 250 g/mol. The van der Waals surface area contributed by atoms with Gasteiger partial charge in [-0.1, -0.05) is 30.6 Å². The summed E-state index contributed by atoms with van der Waals surface area (Å²) in [6.07, 6.45) is 2.13. The van der Waals surface area contributed by atoms with Crippen LogP contribution in [0.5, 0.6) is 5.75 Å². The fraction of sp³-hybridized carbons (Fsp3) is 0.500. The van der Waals surface area contributed by atoms with Crippen molar-refractivity contribution in [2.24, 2.45) is 16.8 Å². The molecule has 0 spiro atoms. The monoisotopic (exact) mass is 250 g/mol. The van der Waals surface area contributed by atoms with Crippen molar-refractivity contribution in [1.82, 2.24) is 0 Å². The van der Waals surface area contributed by atoms with Crippen LogP contribution in [0.25, 0.3) is 0 Å². The highest BCUT2D eigenvalue weighted by Gasteiger charge is 2.08. The molecule has 0 saturated carbocycles. The highest BCUT2D eigenvalue weighted by Crippen LogP contribution is 2.20. The van der Waals surface area contributed by atoms with E-state index in [1.807, 2.05) is 25.1 Å². The molecule has 1 aromatic rings. The smallest absolute Gasteiger partial charge is 0.173 e. The van der Waals surface area contributed by atoms with Gasteiger partial charge in [0.15, 0.2) is 5.84 Å². The van der Waals surface area contributed by atoms with Crippen molar-refractivity contribution in [3.63, 3.8) is 0 Å². The van der Waals surface area contributed by atoms with E-state index >= 15 is 0 Å². The largest absolute Gasteiger partial charge is 0.493 e. The van der Waals surface area contributed by atoms with Gasteiger partial charge in [-0.05, 0) is 37.8 Å². The van der Waals surface area contributed by atoms with Crippen molar-refractivity contribution in [2.45, 2.75) is 33.6 Å². The van der Waals surface area contributed by atoms with Crippen LogP contribution in [-0.2, 0) is 0 Å². The molecule has 4 heteroatoms. The number of amidine groups is 1. The molecule has 0 aliphatic carbocycles. The van der Waals surface area contributed by atoms with Crippen LogP contribution >= 0.6 is 0 Å². The Balaban J connectivity index is 2.70. The van der Waals surface area contributed by atoms with Crippen LogP contribution in [0.15, 0.2) is 23.4 Å². The summed E-state index contributed by atoms with van der Waals surface area (Å²) < 4.78 is 5.69. The first-order valence-electron chi connectivity index (χ1n) is 6.26. The second-order valence-electron chi connectivity index (χ2n) is 4.87. The van der Waals surface area contributed by atoms with E-state index in [-0.39, 0.29) is 5.84 Å². The Morgan fingerprint density at radius 1 is 1.44 bits per heavy atom. The Labute approximate surface area is 108 Å². The van der Waals surface area contributed by atoms with Gasteiger partial charge in [0, 0.05) is 0 Å². The van der Waals surface area contributed by atoms with Gasteiger partial charge in [0.25, 0.3) is 0 Å². The molecule has 0 aliphatic heterocycles. The van der Waals surface area contributed by atoms with E-state index in [1.165, 1.54) is 0 Å². The van der Waals surface area contributed by atoms with Crippen LogP contribution < -0.4 is 10.5 Å². The second kappa shape index (κ2) is 6.89. The van der Waals surface area contributed by atoms with E-state index in [2.05, 4.69) is 19.0 Å². The zero-order valence-electron chi connectivity index (χ0n) is 11.3. The molecule has 0 fully saturated rings. The van der Waals surface area contributed by atoms with Crippen LogP contribution in [-0.4, -0.2) is 17.6 Å². The van der Waals surface area contributed by atoms with Crippen molar-refractivity contribution in [1.29, 1.82) is 0 Å². The van der Waals surface area contributed by atoms with Gasteiger partial charge in [-0.15, -0.1) is 0 Å². The normalized spacial score (nSPS) is 11.9. The molecule has 1 rings (SSSR count). The molecular formula is C14H22N2O2. The molecule has 100 valence electrons. The predicted molar refractivity (Wildman–Crippen MR) is 73.3 cm³/mol. The number of benzene rings is 1. The number of oxime groups is 1. The van der Waals surface area contributed by atoms with Gasteiger partial charge >= 0.3 is 0 Å². The number of aryl methyl sites for hydroxylation is 1. The van der Waals surface area contributed by atoms with Gasteiger partial charge in [0.2, 0.25) is 0 Å². The van der Waals surface area contributed by atoms with Crippen LogP contribution in [0.1, 0.15) is 37.8 Å². The molecular weight excluding hydrogens is 228 g/mol. The first kappa shape index (κ1) is 14.4. The van der Waals surface area contributed by atoms with E-state index in [9.17, 15) is 0 Å². The maximum atomic E-state index is 8.76. The molecule has 3 N–H and O–H groups in total. The van der Waals surface area contributed by atoms with Gasteiger partial charge in [-0.3, -0.25) is 0 Å². The number of nitrogens with two attached hydrogens (primary N) is 1. The summed E-state index contributed by atoms with van der Waals surface area (Å²) in [6.45, 7) is 6.98. The van der Waals surface area contributed by atoms with Crippen molar-refractivity contribution >= 4 is 5.84 Å². The van der Waals surface area contributed by atoms with E-state index in [0.29, 0.717) is 23.8 Å². The molecule has 0 saturated heterocycles. The SMILES string of the molecule is Cc1ccc(OCCCC(C)C)c(/C(N)=N/O)c1. The zero-order valence-corrected chi connectivity index (χ0v) is 11.3. The molecule has 0 bridgehead atoms. The number of hydrogen-bond donors (Lipinski definition) is 2. The Hall–Kier alpha value is -1.71. The van der Waals surface area contributed by atoms with E-state index in [4.69, 9.17) is 15.7 Å². The van der Waals surface area contributed by atoms with Crippen molar-refractivity contribution in [2.75, 3.05) is 6.61 Å². The first-order valence-corrected chi connectivity index (χ1v) is 6.26. The van der Waals surface area contributed by atoms with Crippen molar-refractivity contribution in [3.8, 4) is 5.75 Å². The van der Waals surface area contributed by atoms with Crippen LogP contribution in [0.3, 0.4) is 0 Å². The van der Waals surface area contributed by atoms with Gasteiger partial charge in [-0.2, -0.15) is 0 Å². The maximum absolute atomic E-state index is 8.76. The third kappa shape index (κ3) is 4.28. The number of nitrogens with zero attached hydrogens (tertiary/aromatic N) is 1. The molecule has 0 atom stereocenters. The minimum absolute atomic E-state index is 0.0811. The molecule has 1 aromatic carbocycles. The quantitative estimate of drug-likeness (QED) is 0.268. The lowest BCUT2D eigenvalue weighted by Crippen LogP contribution is -2.15. The maximum Gasteiger partial charge on any atom is 0.173 e. The predicted octanol–water partition coefficient (Wildman–Crippen LogP) is 2.90. The van der Waals surface area contributed by atoms with Crippen molar-refractivity contribution < 1.29 is 9.94 Å². The molecule has 4 nitrogen and oxygen atoms in total. The molecule has 0 radical (unpaired) electrons. The minimum Gasteiger partial charge on any atom is -0.493 e. The van der Waals surface area contributed by atoms with E-state index < -0.39 is 0 Å². The third-order valence-electron chi connectivity index (χ3n) is 2.70. The number of rotatable bonds is 6. The fourth-order valence-corrected chi connectivity index (χ4v) is 1.70. The van der Waals surface area contributed by atoms with Gasteiger partial charge < -0.3 is 15.7 Å². The lowest BCUT2D eigenvalue weighted by atomic mass is 10.1. The van der Waals surface area contributed by atoms with E-state index in [1.54, 1.807) is 0 Å². The fourth-order valence-electron chi connectivity index (χ4n) is 1.70. The first-order chi connectivity index (χ1) is 8.54. The molecule has 0 amide bonds. The topological polar surface area (TPSA) is 67.8 Å². The summed E-state index contributed by atoms with van der Waals surface area (Å²) in [4.78, 5) is 0. The van der Waals surface area contributed by atoms with Crippen LogP contribution in [0.4, 0.5) is 0 Å². The number of ether oxygens (including phenoxy) is 1. The third-order valence-corrected chi connectivity index (χ3v) is 2.70. The standard InChI is InChI=1S/C14H22N2O2/c1-10(2)5-4-8-18-13-7-6-11(3)9-12(13)14(15)16-17/h6-7,9-10,17H,4-5,8H2,1-3H3,(H2,15,16). The van der Waals surface area contributed by atoms with Crippen LogP contribution in [0, 0.1) is 12.8 Å². The molecule has 0 heterocycles. The summed E-state index contributed by atoms with van der Waals surface area (Å²) in [5.41, 5.74) is 7.32. The second-order valence-corrected chi connectivity index (χ2v) is 4.87. The summed E-state index contributed by atoms with van der Waals surface area (Å²) in [7, 11) is 0. The Bertz CT molecular complexity index is 414. The number of hydrogen-bond acceptors (Lipinski definition) is 3. The summed E-state index contributed by atoms with van der Waals surface area (Å²) in [5.74, 6) is 1.42. The Kier molecular flexibility index (Phi) is 5.49. The van der Waals surface area contributed by atoms with Gasteiger partial charge in [0.1, 0.15) is 5.75 Å². The van der Waals surface area contributed by atoms with Gasteiger partial charge in [-0.25, -0.2) is 0 Å². The Morgan fingerprint density at radius 3 is 2.78 bits per heavy atom. The summed E-state index contributed by atoms with van der Waals surface area (Å²) in [5, 5.41) is 11.8. The zero-order chi connectivity index (χ0) is 13.5. The molecule has 0 aliphatic rings. The highest BCUT2D eigenvalue weighted by atomic mass is 16.5. The molecule has 18 heavy (non-hydrogen) atoms. The minimum atomic E-state index is 0.0811. The highest BCUT2D eigenvalue weighted by molar-refractivity contribution is 5.99. The van der Waals surface area contributed by atoms with Crippen molar-refractivity contribution in [3.05, 3.63) is 29.3 Å². The average Bonchev–Trinajstić information content (AvgIpc) is 2.34. The summed E-state index contributed by atoms with van der Waals surface area (Å²) in [6, 6.07) is 5.66. The summed E-state index contributed by atoms with van der Waals surface area (Å²) >= 11 is 0. The molecule has 0 unspecified atom stereocenters. The molecule has 0 aromatic heterocycles. The Morgan fingerprint density at radius 2 is 2.17 bits per heavy atom. The lowest BCUT2D eigenvalue weighted by Gasteiger charge is -2.12. The lowest BCUT2D eigenvalue weighted by molar-refractivity contribution is 0.296. The van der Waals surface area contributed by atoms with E-state index in [0.717, 1.165) is 18.4 Å².